The molecule has 0 saturated heterocycles. The lowest BCUT2D eigenvalue weighted by atomic mass is 10.2. The quantitative estimate of drug-likeness (QED) is 0.0833. The van der Waals surface area contributed by atoms with Gasteiger partial charge in [0.1, 0.15) is 4.90 Å². The molecule has 12 nitrogen and oxygen atoms in total. The van der Waals surface area contributed by atoms with E-state index in [9.17, 15) is 28.6 Å². The highest BCUT2D eigenvalue weighted by Gasteiger charge is 2.28. The van der Waals surface area contributed by atoms with Gasteiger partial charge in [-0.15, -0.1) is 13.2 Å². The zero-order valence-corrected chi connectivity index (χ0v) is 23.6. The highest BCUT2D eigenvalue weighted by Crippen LogP contribution is 2.38. The molecule has 214 valence electrons. The number of nitro groups is 2. The van der Waals surface area contributed by atoms with E-state index in [1.807, 2.05) is 30.3 Å². The minimum Gasteiger partial charge on any atom is -0.277 e. The fourth-order valence-corrected chi connectivity index (χ4v) is 6.49. The number of anilines is 1. The third-order valence-corrected chi connectivity index (χ3v) is 8.84. The topological polar surface area (TPSA) is 161 Å². The van der Waals surface area contributed by atoms with Gasteiger partial charge in [-0.3, -0.25) is 30.6 Å². The number of nitrogens with zero attached hydrogens (tertiary/aromatic N) is 5. The lowest BCUT2D eigenvalue weighted by molar-refractivity contribution is -0.387. The summed E-state index contributed by atoms with van der Waals surface area (Å²) in [5.41, 5.74) is 3.08. The maximum atomic E-state index is 13.4. The molecule has 0 saturated carbocycles. The lowest BCUT2D eigenvalue weighted by Crippen LogP contribution is -2.31. The zero-order chi connectivity index (χ0) is 30.3. The Morgan fingerprint density at radius 1 is 0.952 bits per heavy atom. The minimum atomic E-state index is -4.22. The maximum Gasteiger partial charge on any atom is 0.283 e. The van der Waals surface area contributed by atoms with Crippen LogP contribution in [0, 0.1) is 20.2 Å². The Kier molecular flexibility index (Phi) is 9.42. The van der Waals surface area contributed by atoms with Crippen molar-refractivity contribution in [2.75, 3.05) is 18.5 Å². The van der Waals surface area contributed by atoms with Gasteiger partial charge < -0.3 is 0 Å². The SMILES string of the molecule is C=CCN(CC=C)S(=O)(=O)c1cc([N+](=O)[O-])ccc1N/N=C\c1ccc(Sc2cccc3cccnc23)c([N+](=O)[O-])c1. The van der Waals surface area contributed by atoms with Gasteiger partial charge in [0.15, 0.2) is 0 Å². The molecule has 42 heavy (non-hydrogen) atoms. The summed E-state index contributed by atoms with van der Waals surface area (Å²) < 4.78 is 27.8. The largest absolute Gasteiger partial charge is 0.283 e. The molecule has 0 aliphatic carbocycles. The maximum absolute atomic E-state index is 13.4. The van der Waals surface area contributed by atoms with E-state index < -0.39 is 25.6 Å². The number of fused-ring (bicyclic) bond motifs is 1. The van der Waals surface area contributed by atoms with Crippen LogP contribution in [0.4, 0.5) is 17.1 Å². The van der Waals surface area contributed by atoms with Gasteiger partial charge in [0.05, 0.1) is 32.2 Å². The Hall–Kier alpha value is -4.92. The fraction of sp³-hybridized carbons (Fsp3) is 0.0714. The van der Waals surface area contributed by atoms with Crippen LogP contribution in [0.15, 0.2) is 118 Å². The first-order valence-corrected chi connectivity index (χ1v) is 14.5. The van der Waals surface area contributed by atoms with Crippen LogP contribution in [0.1, 0.15) is 5.56 Å². The molecule has 14 heteroatoms. The van der Waals surface area contributed by atoms with Crippen LogP contribution in [0.5, 0.6) is 0 Å². The molecule has 0 aliphatic heterocycles. The van der Waals surface area contributed by atoms with Crippen molar-refractivity contribution in [3.8, 4) is 0 Å². The highest BCUT2D eigenvalue weighted by atomic mass is 32.2. The molecule has 1 N–H and O–H groups in total. The molecule has 1 heterocycles. The Labute approximate surface area is 245 Å². The third kappa shape index (κ3) is 6.68. The Morgan fingerprint density at radius 3 is 2.38 bits per heavy atom. The molecular formula is C28H24N6O6S2. The van der Waals surface area contributed by atoms with E-state index in [1.54, 1.807) is 18.3 Å². The number of nitrogens with one attached hydrogen (secondary N) is 1. The van der Waals surface area contributed by atoms with Gasteiger partial charge in [0.25, 0.3) is 11.4 Å². The number of hydrazone groups is 1. The molecular weight excluding hydrogens is 580 g/mol. The molecule has 0 radical (unpaired) electrons. The van der Waals surface area contributed by atoms with E-state index in [0.29, 0.717) is 10.5 Å². The first kappa shape index (κ1) is 30.0. The minimum absolute atomic E-state index is 0.0277. The summed E-state index contributed by atoms with van der Waals surface area (Å²) in [6.07, 6.45) is 5.71. The number of pyridine rings is 1. The van der Waals surface area contributed by atoms with E-state index >= 15 is 0 Å². The summed E-state index contributed by atoms with van der Waals surface area (Å²) in [6.45, 7) is 7.02. The van der Waals surface area contributed by atoms with Gasteiger partial charge in [-0.2, -0.15) is 9.41 Å². The van der Waals surface area contributed by atoms with Gasteiger partial charge >= 0.3 is 0 Å². The first-order valence-electron chi connectivity index (χ1n) is 12.2. The average molecular weight is 605 g/mol. The summed E-state index contributed by atoms with van der Waals surface area (Å²) in [6, 6.07) is 17.2. The van der Waals surface area contributed by atoms with E-state index in [-0.39, 0.29) is 29.4 Å². The van der Waals surface area contributed by atoms with E-state index in [1.165, 1.54) is 42.3 Å². The number of benzene rings is 3. The fourth-order valence-electron chi connectivity index (χ4n) is 3.93. The van der Waals surface area contributed by atoms with Crippen LogP contribution >= 0.6 is 11.8 Å². The van der Waals surface area contributed by atoms with Crippen molar-refractivity contribution in [2.45, 2.75) is 14.7 Å². The smallest absolute Gasteiger partial charge is 0.277 e. The Morgan fingerprint density at radius 2 is 1.69 bits per heavy atom. The first-order chi connectivity index (χ1) is 20.1. The van der Waals surface area contributed by atoms with E-state index in [2.05, 4.69) is 28.7 Å². The summed E-state index contributed by atoms with van der Waals surface area (Å²) in [5.74, 6) is 0. The number of para-hydroxylation sites is 1. The molecule has 4 rings (SSSR count). The number of aromatic nitrogens is 1. The molecule has 0 amide bonds. The van der Waals surface area contributed by atoms with Crippen molar-refractivity contribution in [1.29, 1.82) is 0 Å². The van der Waals surface area contributed by atoms with E-state index in [4.69, 9.17) is 0 Å². The van der Waals surface area contributed by atoms with Crippen LogP contribution in [-0.2, 0) is 10.0 Å². The van der Waals surface area contributed by atoms with Crippen molar-refractivity contribution < 1.29 is 18.3 Å². The predicted octanol–water partition coefficient (Wildman–Crippen LogP) is 6.01. The average Bonchev–Trinajstić information content (AvgIpc) is 2.97. The molecule has 0 bridgehead atoms. The van der Waals surface area contributed by atoms with Crippen molar-refractivity contribution in [3.63, 3.8) is 0 Å². The van der Waals surface area contributed by atoms with Crippen LogP contribution in [-0.4, -0.2) is 46.9 Å². The van der Waals surface area contributed by atoms with Gasteiger partial charge in [-0.25, -0.2) is 8.42 Å². The van der Waals surface area contributed by atoms with Crippen molar-refractivity contribution in [2.24, 2.45) is 5.10 Å². The van der Waals surface area contributed by atoms with Gasteiger partial charge in [-0.1, -0.05) is 48.2 Å². The second-order valence-electron chi connectivity index (χ2n) is 8.62. The molecule has 1 aromatic heterocycles. The molecule has 0 aliphatic rings. The zero-order valence-electron chi connectivity index (χ0n) is 22.0. The van der Waals surface area contributed by atoms with Gasteiger partial charge in [0, 0.05) is 53.3 Å². The molecule has 0 unspecified atom stereocenters. The van der Waals surface area contributed by atoms with Crippen LogP contribution < -0.4 is 5.43 Å². The normalized spacial score (nSPS) is 11.5. The van der Waals surface area contributed by atoms with Gasteiger partial charge in [-0.05, 0) is 24.3 Å². The van der Waals surface area contributed by atoms with Gasteiger partial charge in [0.2, 0.25) is 10.0 Å². The third-order valence-electron chi connectivity index (χ3n) is 5.85. The number of hydrogen-bond donors (Lipinski definition) is 1. The number of nitro benzene ring substituents is 2. The van der Waals surface area contributed by atoms with Crippen LogP contribution in [0.2, 0.25) is 0 Å². The number of rotatable bonds is 13. The van der Waals surface area contributed by atoms with Crippen molar-refractivity contribution in [3.05, 3.63) is 124 Å². The van der Waals surface area contributed by atoms with Crippen LogP contribution in [0.3, 0.4) is 0 Å². The Balaban J connectivity index is 1.64. The molecule has 3 aromatic carbocycles. The molecule has 0 spiro atoms. The molecule has 4 aromatic rings. The lowest BCUT2D eigenvalue weighted by Gasteiger charge is -2.20. The van der Waals surface area contributed by atoms with E-state index in [0.717, 1.165) is 32.2 Å². The summed E-state index contributed by atoms with van der Waals surface area (Å²) >= 11 is 1.22. The number of hydrogen-bond acceptors (Lipinski definition) is 10. The molecule has 0 atom stereocenters. The standard InChI is InChI=1S/C28H24N6O6S2/c1-3-15-32(16-4-2)42(39,40)27-18-22(33(35)36)11-12-23(27)31-30-19-20-10-13-25(24(17-20)34(37)38)41-26-9-5-7-21-8-6-14-29-28(21)26/h3-14,17-19,31H,1-2,15-16H2/b30-19-. The summed E-state index contributed by atoms with van der Waals surface area (Å²) in [4.78, 5) is 27.2. The number of sulfonamides is 1. The second kappa shape index (κ2) is 13.2. The number of non-ortho nitro benzene ring substituents is 1. The summed E-state index contributed by atoms with van der Waals surface area (Å²) in [7, 11) is -4.22. The Bertz CT molecular complexity index is 1810. The predicted molar refractivity (Wildman–Crippen MR) is 162 cm³/mol. The second-order valence-corrected chi connectivity index (χ2v) is 11.6. The van der Waals surface area contributed by atoms with Crippen LogP contribution in [0.25, 0.3) is 10.9 Å². The molecule has 0 fully saturated rings. The highest BCUT2D eigenvalue weighted by molar-refractivity contribution is 7.99. The summed E-state index contributed by atoms with van der Waals surface area (Å²) in [5, 5.41) is 28.2. The monoisotopic (exact) mass is 604 g/mol. The van der Waals surface area contributed by atoms with Crippen molar-refractivity contribution >= 4 is 56.0 Å². The van der Waals surface area contributed by atoms with Crippen molar-refractivity contribution in [1.82, 2.24) is 9.29 Å².